The summed E-state index contributed by atoms with van der Waals surface area (Å²) in [6.07, 6.45) is 2.19. The molecule has 6 heteroatoms. The van der Waals surface area contributed by atoms with Gasteiger partial charge in [-0.3, -0.25) is 4.79 Å². The number of rotatable bonds is 3. The van der Waals surface area contributed by atoms with Crippen molar-refractivity contribution in [3.05, 3.63) is 35.9 Å². The maximum atomic E-state index is 12.4. The van der Waals surface area contributed by atoms with Gasteiger partial charge in [-0.05, 0) is 31.2 Å². The number of carbonyl (C=O) groups excluding carboxylic acids is 2. The van der Waals surface area contributed by atoms with Gasteiger partial charge in [-0.2, -0.15) is 0 Å². The second-order valence-electron chi connectivity index (χ2n) is 6.26. The maximum Gasteiger partial charge on any atom is 0.410 e. The molecule has 1 aromatic rings. The van der Waals surface area contributed by atoms with Crippen molar-refractivity contribution >= 4 is 12.0 Å². The zero-order valence-corrected chi connectivity index (χ0v) is 12.4. The van der Waals surface area contributed by atoms with Gasteiger partial charge in [0, 0.05) is 12.1 Å². The Morgan fingerprint density at radius 1 is 1.18 bits per heavy atom. The number of carbonyl (C=O) groups is 2. The first-order valence-electron chi connectivity index (χ1n) is 7.57. The normalized spacial score (nSPS) is 30.1. The molecule has 2 atom stereocenters. The number of nitrogens with two attached hydrogens (primary N) is 2. The first-order valence-corrected chi connectivity index (χ1v) is 7.57. The molecule has 0 spiro atoms. The maximum absolute atomic E-state index is 12.4. The van der Waals surface area contributed by atoms with Crippen LogP contribution in [0.2, 0.25) is 0 Å². The average Bonchev–Trinajstić information content (AvgIpc) is 2.78. The molecule has 2 heterocycles. The van der Waals surface area contributed by atoms with Crippen LogP contribution < -0.4 is 11.5 Å². The highest BCUT2D eigenvalue weighted by Gasteiger charge is 2.51. The van der Waals surface area contributed by atoms with Crippen molar-refractivity contribution in [1.82, 2.24) is 4.90 Å². The number of hydrogen-bond donors (Lipinski definition) is 2. The summed E-state index contributed by atoms with van der Waals surface area (Å²) in [7, 11) is 0. The van der Waals surface area contributed by atoms with Gasteiger partial charge < -0.3 is 21.1 Å². The van der Waals surface area contributed by atoms with Crippen LogP contribution in [0, 0.1) is 0 Å². The lowest BCUT2D eigenvalue weighted by molar-refractivity contribution is -0.125. The van der Waals surface area contributed by atoms with Crippen LogP contribution in [0.3, 0.4) is 0 Å². The van der Waals surface area contributed by atoms with E-state index in [9.17, 15) is 9.59 Å². The van der Waals surface area contributed by atoms with Gasteiger partial charge in [0.15, 0.2) is 0 Å². The predicted octanol–water partition coefficient (Wildman–Crippen LogP) is 1.13. The summed E-state index contributed by atoms with van der Waals surface area (Å²) in [5.41, 5.74) is 11.5. The Bertz CT molecular complexity index is 561. The monoisotopic (exact) mass is 303 g/mol. The minimum Gasteiger partial charge on any atom is -0.445 e. The highest BCUT2D eigenvalue weighted by molar-refractivity contribution is 5.85. The van der Waals surface area contributed by atoms with Crippen LogP contribution in [0.5, 0.6) is 0 Å². The third kappa shape index (κ3) is 2.66. The molecule has 2 saturated heterocycles. The van der Waals surface area contributed by atoms with Crippen LogP contribution in [0.15, 0.2) is 30.3 Å². The molecule has 2 fully saturated rings. The van der Waals surface area contributed by atoms with Gasteiger partial charge in [-0.15, -0.1) is 0 Å². The average molecular weight is 303 g/mol. The fourth-order valence-electron chi connectivity index (χ4n) is 3.58. The minimum atomic E-state index is -0.998. The van der Waals surface area contributed by atoms with E-state index in [1.165, 1.54) is 0 Å². The van der Waals surface area contributed by atoms with E-state index in [0.29, 0.717) is 12.8 Å². The number of piperidine rings is 1. The Labute approximate surface area is 129 Å². The number of amides is 2. The van der Waals surface area contributed by atoms with Crippen molar-refractivity contribution in [1.29, 1.82) is 0 Å². The standard InChI is InChI=1S/C16H21N3O3/c17-14(20)16(18)8-12-6-7-13(9-16)19(12)15(21)22-10-11-4-2-1-3-5-11/h1-5,12-13H,6-10,18H2,(H2,17,20). The SMILES string of the molecule is NC(=O)C1(N)CC2CCC(C1)N2C(=O)OCc1ccccc1. The highest BCUT2D eigenvalue weighted by atomic mass is 16.6. The van der Waals surface area contributed by atoms with Crippen molar-refractivity contribution in [3.63, 3.8) is 0 Å². The number of nitrogens with zero attached hydrogens (tertiary/aromatic N) is 1. The molecule has 3 rings (SSSR count). The lowest BCUT2D eigenvalue weighted by atomic mass is 9.83. The third-order valence-corrected chi connectivity index (χ3v) is 4.73. The molecular formula is C16H21N3O3. The van der Waals surface area contributed by atoms with E-state index in [1.54, 1.807) is 4.90 Å². The molecule has 2 bridgehead atoms. The Hall–Kier alpha value is -2.08. The largest absolute Gasteiger partial charge is 0.445 e. The Morgan fingerprint density at radius 3 is 2.32 bits per heavy atom. The van der Waals surface area contributed by atoms with Crippen LogP contribution in [0.4, 0.5) is 4.79 Å². The van der Waals surface area contributed by atoms with Gasteiger partial charge >= 0.3 is 6.09 Å². The highest BCUT2D eigenvalue weighted by Crippen LogP contribution is 2.40. The van der Waals surface area contributed by atoms with Crippen molar-refractivity contribution in [2.45, 2.75) is 49.9 Å². The van der Waals surface area contributed by atoms with Gasteiger partial charge in [-0.25, -0.2) is 4.79 Å². The molecule has 22 heavy (non-hydrogen) atoms. The van der Waals surface area contributed by atoms with Gasteiger partial charge in [0.05, 0.1) is 5.54 Å². The van der Waals surface area contributed by atoms with Crippen LogP contribution in [0.25, 0.3) is 0 Å². The second kappa shape index (κ2) is 5.61. The lowest BCUT2D eigenvalue weighted by Crippen LogP contribution is -2.62. The van der Waals surface area contributed by atoms with E-state index in [1.807, 2.05) is 30.3 Å². The van der Waals surface area contributed by atoms with Crippen LogP contribution in [0.1, 0.15) is 31.2 Å². The number of benzene rings is 1. The Morgan fingerprint density at radius 2 is 1.77 bits per heavy atom. The van der Waals surface area contributed by atoms with Crippen LogP contribution in [-0.2, 0) is 16.1 Å². The zero-order chi connectivity index (χ0) is 15.7. The number of hydrogen-bond acceptors (Lipinski definition) is 4. The summed E-state index contributed by atoms with van der Waals surface area (Å²) in [5.74, 6) is -0.485. The fraction of sp³-hybridized carbons (Fsp3) is 0.500. The quantitative estimate of drug-likeness (QED) is 0.874. The molecule has 0 radical (unpaired) electrons. The van der Waals surface area contributed by atoms with E-state index in [-0.39, 0.29) is 24.8 Å². The molecule has 2 amide bonds. The number of ether oxygens (including phenoxy) is 1. The summed E-state index contributed by atoms with van der Waals surface area (Å²) in [4.78, 5) is 25.7. The van der Waals surface area contributed by atoms with Gasteiger partial charge in [0.25, 0.3) is 0 Å². The lowest BCUT2D eigenvalue weighted by Gasteiger charge is -2.42. The molecule has 6 nitrogen and oxygen atoms in total. The topological polar surface area (TPSA) is 98.6 Å². The van der Waals surface area contributed by atoms with Gasteiger partial charge in [-0.1, -0.05) is 30.3 Å². The molecular weight excluding hydrogens is 282 g/mol. The third-order valence-electron chi connectivity index (χ3n) is 4.73. The molecule has 4 N–H and O–H groups in total. The van der Waals surface area contributed by atoms with Gasteiger partial charge in [0.2, 0.25) is 5.91 Å². The van der Waals surface area contributed by atoms with Crippen molar-refractivity contribution < 1.29 is 14.3 Å². The summed E-state index contributed by atoms with van der Waals surface area (Å²) in [6.45, 7) is 0.249. The minimum absolute atomic E-state index is 0.0560. The molecule has 2 unspecified atom stereocenters. The van der Waals surface area contributed by atoms with Crippen molar-refractivity contribution in [2.75, 3.05) is 0 Å². The fourth-order valence-corrected chi connectivity index (χ4v) is 3.58. The predicted molar refractivity (Wildman–Crippen MR) is 80.6 cm³/mol. The first-order chi connectivity index (χ1) is 10.5. The first kappa shape index (κ1) is 14.8. The molecule has 2 aliphatic heterocycles. The molecule has 118 valence electrons. The molecule has 1 aromatic carbocycles. The van der Waals surface area contributed by atoms with Crippen molar-refractivity contribution in [3.8, 4) is 0 Å². The molecule has 0 saturated carbocycles. The van der Waals surface area contributed by atoms with E-state index in [0.717, 1.165) is 18.4 Å². The summed E-state index contributed by atoms with van der Waals surface area (Å²) >= 11 is 0. The summed E-state index contributed by atoms with van der Waals surface area (Å²) in [5, 5.41) is 0. The summed E-state index contributed by atoms with van der Waals surface area (Å²) in [6, 6.07) is 9.44. The van der Waals surface area contributed by atoms with Gasteiger partial charge in [0.1, 0.15) is 6.61 Å². The van der Waals surface area contributed by atoms with Crippen molar-refractivity contribution in [2.24, 2.45) is 11.5 Å². The Kier molecular flexibility index (Phi) is 3.78. The van der Waals surface area contributed by atoms with Crippen LogP contribution in [-0.4, -0.2) is 34.5 Å². The van der Waals surface area contributed by atoms with Crippen LogP contribution >= 0.6 is 0 Å². The number of primary amides is 1. The Balaban J connectivity index is 1.64. The zero-order valence-electron chi connectivity index (χ0n) is 12.4. The van der Waals surface area contributed by atoms with E-state index < -0.39 is 11.4 Å². The molecule has 2 aliphatic rings. The summed E-state index contributed by atoms with van der Waals surface area (Å²) < 4.78 is 5.41. The van der Waals surface area contributed by atoms with E-state index in [4.69, 9.17) is 16.2 Å². The number of fused-ring (bicyclic) bond motifs is 2. The van der Waals surface area contributed by atoms with E-state index >= 15 is 0 Å². The molecule has 0 aromatic heterocycles. The second-order valence-corrected chi connectivity index (χ2v) is 6.26. The smallest absolute Gasteiger partial charge is 0.410 e. The molecule has 0 aliphatic carbocycles. The van der Waals surface area contributed by atoms with E-state index in [2.05, 4.69) is 0 Å².